The Bertz CT molecular complexity index is 731. The Morgan fingerprint density at radius 1 is 1.17 bits per heavy atom. The third kappa shape index (κ3) is 3.79. The van der Waals surface area contributed by atoms with Gasteiger partial charge in [0.1, 0.15) is 11.6 Å². The maximum absolute atomic E-state index is 14.3. The molecule has 1 heterocycles. The average molecular weight is 330 g/mol. The lowest BCUT2D eigenvalue weighted by atomic mass is 10.0. The highest BCUT2D eigenvalue weighted by Crippen LogP contribution is 2.22. The third-order valence-electron chi connectivity index (χ3n) is 4.38. The summed E-state index contributed by atoms with van der Waals surface area (Å²) in [4.78, 5) is 12.2. The van der Waals surface area contributed by atoms with E-state index in [-0.39, 0.29) is 11.4 Å². The van der Waals surface area contributed by atoms with Gasteiger partial charge >= 0.3 is 0 Å². The third-order valence-corrected chi connectivity index (χ3v) is 4.38. The summed E-state index contributed by atoms with van der Waals surface area (Å²) in [7, 11) is 0. The Kier molecular flexibility index (Phi) is 4.90. The molecule has 2 atom stereocenters. The molecule has 3 rings (SSSR count). The first-order chi connectivity index (χ1) is 11.5. The maximum atomic E-state index is 14.3. The van der Waals surface area contributed by atoms with Crippen LogP contribution in [-0.4, -0.2) is 25.0 Å². The van der Waals surface area contributed by atoms with Gasteiger partial charge in [-0.2, -0.15) is 0 Å². The highest BCUT2D eigenvalue weighted by molar-refractivity contribution is 5.95. The molecule has 1 saturated heterocycles. The molecule has 0 aliphatic carbocycles. The summed E-state index contributed by atoms with van der Waals surface area (Å²) in [5.41, 5.74) is 1.34. The van der Waals surface area contributed by atoms with Crippen molar-refractivity contribution in [3.63, 3.8) is 0 Å². The zero-order valence-electron chi connectivity index (χ0n) is 13.5. The minimum Gasteiger partial charge on any atom is -0.352 e. The SMILES string of the molecule is CC1CC(CNC(=O)c2ccc(-c3ccc(F)cc3)cc2F)CN1. The van der Waals surface area contributed by atoms with Crippen LogP contribution in [-0.2, 0) is 0 Å². The molecule has 2 aromatic rings. The molecule has 0 bridgehead atoms. The van der Waals surface area contributed by atoms with Crippen LogP contribution >= 0.6 is 0 Å². The molecular formula is C19H20F2N2O. The quantitative estimate of drug-likeness (QED) is 0.902. The van der Waals surface area contributed by atoms with E-state index in [0.717, 1.165) is 13.0 Å². The van der Waals surface area contributed by atoms with Crippen LogP contribution in [0.1, 0.15) is 23.7 Å². The number of carbonyl (C=O) groups is 1. The predicted octanol–water partition coefficient (Wildman–Crippen LogP) is 3.36. The van der Waals surface area contributed by atoms with Crippen molar-refractivity contribution in [1.29, 1.82) is 0 Å². The van der Waals surface area contributed by atoms with Crippen molar-refractivity contribution in [2.45, 2.75) is 19.4 Å². The van der Waals surface area contributed by atoms with Gasteiger partial charge in [0.25, 0.3) is 5.91 Å². The molecule has 0 saturated carbocycles. The lowest BCUT2D eigenvalue weighted by Gasteiger charge is -2.11. The van der Waals surface area contributed by atoms with Gasteiger partial charge in [0.15, 0.2) is 0 Å². The minimum absolute atomic E-state index is 0.0277. The van der Waals surface area contributed by atoms with Crippen LogP contribution in [0.3, 0.4) is 0 Å². The highest BCUT2D eigenvalue weighted by atomic mass is 19.1. The average Bonchev–Trinajstić information content (AvgIpc) is 2.99. The van der Waals surface area contributed by atoms with E-state index in [9.17, 15) is 13.6 Å². The summed E-state index contributed by atoms with van der Waals surface area (Å²) in [6.45, 7) is 3.51. The highest BCUT2D eigenvalue weighted by Gasteiger charge is 2.21. The zero-order chi connectivity index (χ0) is 17.1. The number of hydrogen-bond donors (Lipinski definition) is 2. The maximum Gasteiger partial charge on any atom is 0.254 e. The first-order valence-electron chi connectivity index (χ1n) is 8.10. The molecule has 126 valence electrons. The first kappa shape index (κ1) is 16.6. The topological polar surface area (TPSA) is 41.1 Å². The number of rotatable bonds is 4. The number of amides is 1. The van der Waals surface area contributed by atoms with Crippen molar-refractivity contribution in [3.05, 3.63) is 59.7 Å². The first-order valence-corrected chi connectivity index (χ1v) is 8.10. The van der Waals surface area contributed by atoms with E-state index < -0.39 is 11.7 Å². The molecular weight excluding hydrogens is 310 g/mol. The van der Waals surface area contributed by atoms with E-state index in [1.165, 1.54) is 24.3 Å². The van der Waals surface area contributed by atoms with Crippen LogP contribution in [0.25, 0.3) is 11.1 Å². The fourth-order valence-corrected chi connectivity index (χ4v) is 3.04. The standard InChI is InChI=1S/C19H20F2N2O/c1-12-8-13(10-22-12)11-23-19(24)17-7-4-15(9-18(17)21)14-2-5-16(20)6-3-14/h2-7,9,12-13,22H,8,10-11H2,1H3,(H,23,24). The second-order valence-electron chi connectivity index (χ2n) is 6.32. The van der Waals surface area contributed by atoms with Crippen molar-refractivity contribution >= 4 is 5.91 Å². The largest absolute Gasteiger partial charge is 0.352 e. The number of carbonyl (C=O) groups excluding carboxylic acids is 1. The number of benzene rings is 2. The summed E-state index contributed by atoms with van der Waals surface area (Å²) in [6.07, 6.45) is 1.01. The molecule has 2 N–H and O–H groups in total. The van der Waals surface area contributed by atoms with Gasteiger partial charge in [-0.25, -0.2) is 8.78 Å². The molecule has 2 unspecified atom stereocenters. The van der Waals surface area contributed by atoms with Gasteiger partial charge in [-0.05, 0) is 61.2 Å². The van der Waals surface area contributed by atoms with Gasteiger partial charge in [-0.3, -0.25) is 4.79 Å². The molecule has 5 heteroatoms. The fraction of sp³-hybridized carbons (Fsp3) is 0.316. The van der Waals surface area contributed by atoms with E-state index in [1.54, 1.807) is 18.2 Å². The summed E-state index contributed by atoms with van der Waals surface area (Å²) in [6, 6.07) is 10.7. The van der Waals surface area contributed by atoms with E-state index in [0.29, 0.717) is 29.6 Å². The van der Waals surface area contributed by atoms with Crippen LogP contribution in [0.15, 0.2) is 42.5 Å². The van der Waals surface area contributed by atoms with Gasteiger partial charge in [0, 0.05) is 12.6 Å². The van der Waals surface area contributed by atoms with Crippen LogP contribution in [0, 0.1) is 17.6 Å². The Morgan fingerprint density at radius 3 is 2.50 bits per heavy atom. The molecule has 24 heavy (non-hydrogen) atoms. The summed E-state index contributed by atoms with van der Waals surface area (Å²) < 4.78 is 27.2. The summed E-state index contributed by atoms with van der Waals surface area (Å²) in [5, 5.41) is 6.12. The second kappa shape index (κ2) is 7.09. The normalized spacial score (nSPS) is 20.1. The lowest BCUT2D eigenvalue weighted by molar-refractivity contribution is 0.0944. The molecule has 1 amide bonds. The van der Waals surface area contributed by atoms with E-state index >= 15 is 0 Å². The van der Waals surface area contributed by atoms with Crippen LogP contribution in [0.4, 0.5) is 8.78 Å². The molecule has 1 aliphatic heterocycles. The number of halogens is 2. The molecule has 0 aromatic heterocycles. The number of hydrogen-bond acceptors (Lipinski definition) is 2. The minimum atomic E-state index is -0.577. The van der Waals surface area contributed by atoms with Gasteiger partial charge in [0.05, 0.1) is 5.56 Å². The Labute approximate surface area is 140 Å². The van der Waals surface area contributed by atoms with Crippen LogP contribution in [0.5, 0.6) is 0 Å². The van der Waals surface area contributed by atoms with E-state index in [4.69, 9.17) is 0 Å². The predicted molar refractivity (Wildman–Crippen MR) is 89.7 cm³/mol. The van der Waals surface area contributed by atoms with Gasteiger partial charge < -0.3 is 10.6 Å². The molecule has 1 fully saturated rings. The van der Waals surface area contributed by atoms with Crippen molar-refractivity contribution in [3.8, 4) is 11.1 Å². The Morgan fingerprint density at radius 2 is 1.88 bits per heavy atom. The van der Waals surface area contributed by atoms with Crippen molar-refractivity contribution in [2.75, 3.05) is 13.1 Å². The van der Waals surface area contributed by atoms with Gasteiger partial charge in [0.2, 0.25) is 0 Å². The van der Waals surface area contributed by atoms with E-state index in [2.05, 4.69) is 17.6 Å². The lowest BCUT2D eigenvalue weighted by Crippen LogP contribution is -2.30. The van der Waals surface area contributed by atoms with Crippen molar-refractivity contribution < 1.29 is 13.6 Å². The molecule has 0 radical (unpaired) electrons. The smallest absolute Gasteiger partial charge is 0.254 e. The number of nitrogens with one attached hydrogen (secondary N) is 2. The van der Waals surface area contributed by atoms with E-state index in [1.807, 2.05) is 0 Å². The molecule has 2 aromatic carbocycles. The second-order valence-corrected chi connectivity index (χ2v) is 6.32. The molecule has 1 aliphatic rings. The molecule has 3 nitrogen and oxygen atoms in total. The summed E-state index contributed by atoms with van der Waals surface area (Å²) in [5.74, 6) is -0.943. The van der Waals surface area contributed by atoms with Crippen molar-refractivity contribution in [2.24, 2.45) is 5.92 Å². The van der Waals surface area contributed by atoms with Crippen LogP contribution in [0.2, 0.25) is 0 Å². The van der Waals surface area contributed by atoms with Gasteiger partial charge in [-0.1, -0.05) is 18.2 Å². The Hall–Kier alpha value is -2.27. The van der Waals surface area contributed by atoms with Crippen molar-refractivity contribution in [1.82, 2.24) is 10.6 Å². The molecule has 0 spiro atoms. The Balaban J connectivity index is 1.67. The zero-order valence-corrected chi connectivity index (χ0v) is 13.5. The van der Waals surface area contributed by atoms with Gasteiger partial charge in [-0.15, -0.1) is 0 Å². The fourth-order valence-electron chi connectivity index (χ4n) is 3.04. The summed E-state index contributed by atoms with van der Waals surface area (Å²) >= 11 is 0. The van der Waals surface area contributed by atoms with Crippen LogP contribution < -0.4 is 10.6 Å². The monoisotopic (exact) mass is 330 g/mol.